The monoisotopic (exact) mass is 379 g/mol. The Morgan fingerprint density at radius 2 is 2.12 bits per heavy atom. The van der Waals surface area contributed by atoms with Gasteiger partial charge in [0.2, 0.25) is 5.91 Å². The largest absolute Gasteiger partial charge is 0.354 e. The van der Waals surface area contributed by atoms with Gasteiger partial charge in [0.1, 0.15) is 6.04 Å². The number of likely N-dealkylation sites (tertiary alicyclic amines) is 1. The summed E-state index contributed by atoms with van der Waals surface area (Å²) in [7, 11) is 0. The van der Waals surface area contributed by atoms with Gasteiger partial charge in [-0.3, -0.25) is 9.59 Å². The van der Waals surface area contributed by atoms with Crippen molar-refractivity contribution in [1.82, 2.24) is 10.2 Å². The third kappa shape index (κ3) is 3.91. The van der Waals surface area contributed by atoms with Crippen LogP contribution in [0.3, 0.4) is 0 Å². The van der Waals surface area contributed by atoms with Crippen molar-refractivity contribution in [1.29, 1.82) is 5.26 Å². The summed E-state index contributed by atoms with van der Waals surface area (Å²) in [5.41, 5.74) is 0.255. The highest BCUT2D eigenvalue weighted by molar-refractivity contribution is 6.35. The zero-order chi connectivity index (χ0) is 18.0. The Labute approximate surface area is 156 Å². The van der Waals surface area contributed by atoms with Crippen molar-refractivity contribution in [3.05, 3.63) is 33.8 Å². The van der Waals surface area contributed by atoms with E-state index >= 15 is 0 Å². The van der Waals surface area contributed by atoms with Crippen LogP contribution < -0.4 is 5.32 Å². The first kappa shape index (κ1) is 18.0. The van der Waals surface area contributed by atoms with Gasteiger partial charge in [-0.15, -0.1) is 0 Å². The van der Waals surface area contributed by atoms with E-state index in [1.165, 1.54) is 6.07 Å². The van der Waals surface area contributed by atoms with Crippen LogP contribution in [0, 0.1) is 16.7 Å². The van der Waals surface area contributed by atoms with E-state index in [2.05, 4.69) is 11.4 Å². The van der Waals surface area contributed by atoms with Gasteiger partial charge in [0, 0.05) is 29.9 Å². The summed E-state index contributed by atoms with van der Waals surface area (Å²) in [6, 6.07) is 6.42. The van der Waals surface area contributed by atoms with Crippen LogP contribution in [0.15, 0.2) is 18.2 Å². The summed E-state index contributed by atoms with van der Waals surface area (Å²) >= 11 is 12.1. The van der Waals surface area contributed by atoms with E-state index in [0.29, 0.717) is 41.5 Å². The van der Waals surface area contributed by atoms with Gasteiger partial charge in [-0.25, -0.2) is 0 Å². The van der Waals surface area contributed by atoms with Gasteiger partial charge < -0.3 is 10.2 Å². The molecule has 0 bridgehead atoms. The molecule has 1 saturated carbocycles. The van der Waals surface area contributed by atoms with E-state index in [9.17, 15) is 9.59 Å². The smallest absolute Gasteiger partial charge is 0.256 e. The van der Waals surface area contributed by atoms with Crippen molar-refractivity contribution in [2.75, 3.05) is 13.1 Å². The normalized spacial score (nSPS) is 20.8. The lowest BCUT2D eigenvalue weighted by molar-refractivity contribution is -0.125. The molecule has 7 heteroatoms. The highest BCUT2D eigenvalue weighted by atomic mass is 35.5. The number of hydrogen-bond acceptors (Lipinski definition) is 3. The summed E-state index contributed by atoms with van der Waals surface area (Å²) in [5.74, 6) is -0.434. The SMILES string of the molecule is N#CCC1(CNC(=O)[C@H]2CCCN2C(=O)c2cc(Cl)ccc2Cl)CC1. The first-order valence-corrected chi connectivity index (χ1v) is 9.12. The molecule has 0 radical (unpaired) electrons. The molecule has 2 aliphatic rings. The summed E-state index contributed by atoms with van der Waals surface area (Å²) in [5, 5.41) is 12.6. The molecule has 132 valence electrons. The molecule has 2 fully saturated rings. The van der Waals surface area contributed by atoms with Crippen molar-refractivity contribution in [2.45, 2.75) is 38.1 Å². The number of nitrogens with one attached hydrogen (secondary N) is 1. The third-order valence-corrected chi connectivity index (χ3v) is 5.59. The maximum absolute atomic E-state index is 12.8. The Balaban J connectivity index is 1.67. The fourth-order valence-corrected chi connectivity index (χ4v) is 3.62. The number of nitrogens with zero attached hydrogens (tertiary/aromatic N) is 2. The van der Waals surface area contributed by atoms with Crippen molar-refractivity contribution in [2.24, 2.45) is 5.41 Å². The molecule has 1 saturated heterocycles. The van der Waals surface area contributed by atoms with Crippen LogP contribution in [0.5, 0.6) is 0 Å². The molecule has 1 heterocycles. The van der Waals surface area contributed by atoms with Gasteiger partial charge in [-0.05, 0) is 43.9 Å². The second-order valence-electron chi connectivity index (χ2n) is 6.83. The van der Waals surface area contributed by atoms with Gasteiger partial charge in [0.25, 0.3) is 5.91 Å². The molecule has 1 atom stereocenters. The molecule has 1 aromatic carbocycles. The third-order valence-electron chi connectivity index (χ3n) is 5.02. The molecule has 25 heavy (non-hydrogen) atoms. The summed E-state index contributed by atoms with van der Waals surface area (Å²) < 4.78 is 0. The molecule has 2 amide bonds. The molecule has 1 aliphatic carbocycles. The summed E-state index contributed by atoms with van der Waals surface area (Å²) in [6.45, 7) is 1.01. The Morgan fingerprint density at radius 1 is 1.36 bits per heavy atom. The molecule has 3 rings (SSSR count). The van der Waals surface area contributed by atoms with Crippen molar-refractivity contribution in [3.63, 3.8) is 0 Å². The molecule has 5 nitrogen and oxygen atoms in total. The van der Waals surface area contributed by atoms with E-state index in [0.717, 1.165) is 19.3 Å². The topological polar surface area (TPSA) is 73.2 Å². The number of carbonyl (C=O) groups is 2. The molecule has 1 aliphatic heterocycles. The first-order chi connectivity index (χ1) is 12.0. The van der Waals surface area contributed by atoms with Gasteiger partial charge in [-0.2, -0.15) is 5.26 Å². The number of hydrogen-bond donors (Lipinski definition) is 1. The second kappa shape index (κ2) is 7.23. The minimum atomic E-state index is -0.500. The maximum Gasteiger partial charge on any atom is 0.256 e. The summed E-state index contributed by atoms with van der Waals surface area (Å²) in [4.78, 5) is 27.0. The number of carbonyl (C=O) groups excluding carboxylic acids is 2. The minimum Gasteiger partial charge on any atom is -0.354 e. The van der Waals surface area contributed by atoms with Gasteiger partial charge in [0.05, 0.1) is 16.7 Å². The Kier molecular flexibility index (Phi) is 5.21. The number of benzene rings is 1. The molecule has 0 unspecified atom stereocenters. The second-order valence-corrected chi connectivity index (χ2v) is 7.68. The number of nitriles is 1. The molecular weight excluding hydrogens is 361 g/mol. The Bertz CT molecular complexity index is 740. The average Bonchev–Trinajstić information content (AvgIpc) is 3.18. The Morgan fingerprint density at radius 3 is 2.80 bits per heavy atom. The van der Waals surface area contributed by atoms with Crippen molar-refractivity contribution >= 4 is 35.0 Å². The van der Waals surface area contributed by atoms with E-state index in [-0.39, 0.29) is 17.2 Å². The van der Waals surface area contributed by atoms with Crippen LogP contribution in [-0.2, 0) is 4.79 Å². The van der Waals surface area contributed by atoms with Crippen LogP contribution in [0.25, 0.3) is 0 Å². The predicted molar refractivity (Wildman–Crippen MR) is 95.4 cm³/mol. The lowest BCUT2D eigenvalue weighted by Crippen LogP contribution is -2.47. The van der Waals surface area contributed by atoms with Crippen LogP contribution in [-0.4, -0.2) is 35.8 Å². The predicted octanol–water partition coefficient (Wildman–Crippen LogP) is 3.41. The van der Waals surface area contributed by atoms with E-state index in [4.69, 9.17) is 28.5 Å². The lowest BCUT2D eigenvalue weighted by Gasteiger charge is -2.25. The van der Waals surface area contributed by atoms with Gasteiger partial charge in [-0.1, -0.05) is 23.2 Å². The molecule has 1 aromatic rings. The zero-order valence-electron chi connectivity index (χ0n) is 13.7. The van der Waals surface area contributed by atoms with E-state index in [1.807, 2.05) is 0 Å². The zero-order valence-corrected chi connectivity index (χ0v) is 15.2. The molecule has 0 aromatic heterocycles. The van der Waals surface area contributed by atoms with Gasteiger partial charge in [0.15, 0.2) is 0 Å². The van der Waals surface area contributed by atoms with E-state index < -0.39 is 6.04 Å². The Hall–Kier alpha value is -1.77. The standard InChI is InChI=1S/C18H19Cl2N3O2/c19-12-3-4-14(20)13(10-12)17(25)23-9-1-2-15(23)16(24)22-11-18(5-6-18)7-8-21/h3-4,10,15H,1-2,5-7,9,11H2,(H,22,24)/t15-/m1/s1. The highest BCUT2D eigenvalue weighted by Gasteiger charge is 2.43. The van der Waals surface area contributed by atoms with E-state index in [1.54, 1.807) is 17.0 Å². The lowest BCUT2D eigenvalue weighted by atomic mass is 10.0. The highest BCUT2D eigenvalue weighted by Crippen LogP contribution is 2.47. The van der Waals surface area contributed by atoms with Crippen LogP contribution in [0.1, 0.15) is 42.5 Å². The molecule has 1 N–H and O–H groups in total. The van der Waals surface area contributed by atoms with Crippen molar-refractivity contribution in [3.8, 4) is 6.07 Å². The first-order valence-electron chi connectivity index (χ1n) is 8.36. The number of amides is 2. The van der Waals surface area contributed by atoms with Crippen LogP contribution in [0.2, 0.25) is 10.0 Å². The van der Waals surface area contributed by atoms with Crippen LogP contribution >= 0.6 is 23.2 Å². The fraction of sp³-hybridized carbons (Fsp3) is 0.500. The van der Waals surface area contributed by atoms with Gasteiger partial charge >= 0.3 is 0 Å². The maximum atomic E-state index is 12.8. The van der Waals surface area contributed by atoms with Crippen molar-refractivity contribution < 1.29 is 9.59 Å². The molecular formula is C18H19Cl2N3O2. The average molecular weight is 380 g/mol. The van der Waals surface area contributed by atoms with Crippen LogP contribution in [0.4, 0.5) is 0 Å². The summed E-state index contributed by atoms with van der Waals surface area (Å²) in [6.07, 6.45) is 3.78. The minimum absolute atomic E-state index is 0.0614. The number of rotatable bonds is 5. The molecule has 0 spiro atoms. The fourth-order valence-electron chi connectivity index (χ4n) is 3.25. The number of halogens is 2. The quantitative estimate of drug-likeness (QED) is 0.851.